The first-order valence-corrected chi connectivity index (χ1v) is 9.74. The highest BCUT2D eigenvalue weighted by molar-refractivity contribution is 6.30. The van der Waals surface area contributed by atoms with Crippen LogP contribution in [0.2, 0.25) is 5.02 Å². The maximum Gasteiger partial charge on any atom is 0.263 e. The van der Waals surface area contributed by atoms with Crippen molar-refractivity contribution in [3.8, 4) is 5.75 Å². The van der Waals surface area contributed by atoms with Gasteiger partial charge in [-0.1, -0.05) is 17.7 Å². The Kier molecular flexibility index (Phi) is 8.17. The van der Waals surface area contributed by atoms with E-state index in [0.29, 0.717) is 29.4 Å². The number of rotatable bonds is 7. The Labute approximate surface area is 184 Å². The molecule has 0 unspecified atom stereocenters. The molecule has 1 aliphatic heterocycles. The molecule has 8 heteroatoms. The van der Waals surface area contributed by atoms with E-state index in [4.69, 9.17) is 16.3 Å². The molecule has 0 atom stereocenters. The van der Waals surface area contributed by atoms with Gasteiger partial charge in [-0.3, -0.25) is 14.9 Å². The van der Waals surface area contributed by atoms with Crippen molar-refractivity contribution in [1.82, 2.24) is 16.0 Å². The Hall–Kier alpha value is -1.76. The van der Waals surface area contributed by atoms with Crippen LogP contribution in [0, 0.1) is 0 Å². The summed E-state index contributed by atoms with van der Waals surface area (Å²) in [7, 11) is 0. The van der Waals surface area contributed by atoms with Gasteiger partial charge in [0.25, 0.3) is 5.91 Å². The van der Waals surface area contributed by atoms with Gasteiger partial charge in [0.2, 0.25) is 5.91 Å². The molecule has 6 nitrogen and oxygen atoms in total. The van der Waals surface area contributed by atoms with Crippen LogP contribution in [0.25, 0.3) is 0 Å². The van der Waals surface area contributed by atoms with Gasteiger partial charge in [-0.15, -0.1) is 12.4 Å². The minimum Gasteiger partial charge on any atom is -0.478 e. The largest absolute Gasteiger partial charge is 0.478 e. The van der Waals surface area contributed by atoms with Gasteiger partial charge in [0.05, 0.1) is 0 Å². The van der Waals surface area contributed by atoms with Gasteiger partial charge in [0.15, 0.2) is 5.60 Å². The van der Waals surface area contributed by atoms with E-state index in [-0.39, 0.29) is 29.8 Å². The first-order chi connectivity index (χ1) is 12.8. The molecule has 0 saturated heterocycles. The number of hydrogen-bond donors (Lipinski definition) is 3. The normalized spacial score (nSPS) is 17.0. The molecule has 1 aromatic carbocycles. The van der Waals surface area contributed by atoms with Crippen molar-refractivity contribution in [3.05, 3.63) is 40.9 Å². The predicted molar refractivity (Wildman–Crippen MR) is 119 cm³/mol. The number of nitrogens with one attached hydrogen (secondary N) is 3. The lowest BCUT2D eigenvalue weighted by atomic mass is 9.96. The molecular weight excluding hydrogens is 413 g/mol. The summed E-state index contributed by atoms with van der Waals surface area (Å²) in [6.45, 7) is 12.0. The molecule has 1 aromatic rings. The average Bonchev–Trinajstić information content (AvgIpc) is 2.80. The zero-order chi connectivity index (χ0) is 21.2. The second-order valence-corrected chi connectivity index (χ2v) is 9.04. The van der Waals surface area contributed by atoms with E-state index in [9.17, 15) is 9.59 Å². The molecule has 0 bridgehead atoms. The van der Waals surface area contributed by atoms with Crippen LogP contribution in [0.3, 0.4) is 0 Å². The van der Waals surface area contributed by atoms with E-state index in [1.54, 1.807) is 38.1 Å². The molecule has 0 saturated carbocycles. The van der Waals surface area contributed by atoms with Crippen LogP contribution in [0.1, 0.15) is 41.5 Å². The van der Waals surface area contributed by atoms with Gasteiger partial charge in [-0.05, 0) is 65.8 Å². The topological polar surface area (TPSA) is 79.5 Å². The number of amides is 2. The molecule has 162 valence electrons. The summed E-state index contributed by atoms with van der Waals surface area (Å²) in [6, 6.07) is 6.83. The predicted octanol–water partition coefficient (Wildman–Crippen LogP) is 3.24. The molecule has 29 heavy (non-hydrogen) atoms. The molecule has 0 aromatic heterocycles. The lowest BCUT2D eigenvalue weighted by Gasteiger charge is -2.27. The summed E-state index contributed by atoms with van der Waals surface area (Å²) in [4.78, 5) is 24.9. The van der Waals surface area contributed by atoms with Gasteiger partial charge in [0.1, 0.15) is 5.75 Å². The van der Waals surface area contributed by atoms with Gasteiger partial charge in [-0.2, -0.15) is 0 Å². The third-order valence-electron chi connectivity index (χ3n) is 4.49. The monoisotopic (exact) mass is 443 g/mol. The van der Waals surface area contributed by atoms with Crippen LogP contribution in [-0.4, -0.2) is 41.6 Å². The Morgan fingerprint density at radius 1 is 1.07 bits per heavy atom. The number of halogens is 2. The van der Waals surface area contributed by atoms with E-state index in [1.165, 1.54) is 0 Å². The zero-order valence-corrected chi connectivity index (χ0v) is 19.4. The van der Waals surface area contributed by atoms with Crippen LogP contribution in [0.15, 0.2) is 35.9 Å². The standard InChI is InChI=1S/C21H30ClN3O3.ClH/c1-19(2)13-16(20(3,4)25-19)17(26)23-11-12-24-18(27)21(5,6)28-15-9-7-14(22)8-10-15;/h7-10,13,25H,11-12H2,1-6H3,(H,23,26)(H,24,27);1H. The van der Waals surface area contributed by atoms with Crippen molar-refractivity contribution < 1.29 is 14.3 Å². The summed E-state index contributed by atoms with van der Waals surface area (Å²) in [5, 5.41) is 9.67. The smallest absolute Gasteiger partial charge is 0.263 e. The Bertz CT molecular complexity index is 772. The highest BCUT2D eigenvalue weighted by Gasteiger charge is 2.39. The van der Waals surface area contributed by atoms with Crippen LogP contribution >= 0.6 is 24.0 Å². The van der Waals surface area contributed by atoms with E-state index in [0.717, 1.165) is 0 Å². The Morgan fingerprint density at radius 2 is 1.62 bits per heavy atom. The van der Waals surface area contributed by atoms with Crippen LogP contribution in [0.5, 0.6) is 5.75 Å². The lowest BCUT2D eigenvalue weighted by molar-refractivity contribution is -0.134. The maximum atomic E-state index is 12.5. The number of ether oxygens (including phenoxy) is 1. The van der Waals surface area contributed by atoms with E-state index in [2.05, 4.69) is 16.0 Å². The number of carbonyl (C=O) groups excluding carboxylic acids is 2. The summed E-state index contributed by atoms with van der Waals surface area (Å²) < 4.78 is 5.75. The fourth-order valence-electron chi connectivity index (χ4n) is 3.30. The van der Waals surface area contributed by atoms with Crippen molar-refractivity contribution in [3.63, 3.8) is 0 Å². The summed E-state index contributed by atoms with van der Waals surface area (Å²) >= 11 is 5.86. The SMILES string of the molecule is CC1(C)C=C(C(=O)NCCNC(=O)C(C)(C)Oc2ccc(Cl)cc2)C(C)(C)N1.Cl. The van der Waals surface area contributed by atoms with Crippen molar-refractivity contribution in [2.24, 2.45) is 0 Å². The van der Waals surface area contributed by atoms with Crippen molar-refractivity contribution in [2.75, 3.05) is 13.1 Å². The summed E-state index contributed by atoms with van der Waals surface area (Å²) in [6.07, 6.45) is 1.95. The third-order valence-corrected chi connectivity index (χ3v) is 4.74. The van der Waals surface area contributed by atoms with Crippen molar-refractivity contribution in [2.45, 2.75) is 58.2 Å². The number of hydrogen-bond acceptors (Lipinski definition) is 4. The quantitative estimate of drug-likeness (QED) is 0.565. The fraction of sp³-hybridized carbons (Fsp3) is 0.524. The average molecular weight is 444 g/mol. The van der Waals surface area contributed by atoms with Crippen LogP contribution in [0.4, 0.5) is 0 Å². The summed E-state index contributed by atoms with van der Waals surface area (Å²) in [5.74, 6) is 0.164. The molecule has 2 rings (SSSR count). The summed E-state index contributed by atoms with van der Waals surface area (Å²) in [5.41, 5.74) is -0.976. The first-order valence-electron chi connectivity index (χ1n) is 9.36. The molecule has 0 radical (unpaired) electrons. The van der Waals surface area contributed by atoms with E-state index >= 15 is 0 Å². The zero-order valence-electron chi connectivity index (χ0n) is 17.8. The van der Waals surface area contributed by atoms with Gasteiger partial charge in [0, 0.05) is 34.8 Å². The van der Waals surface area contributed by atoms with E-state index in [1.807, 2.05) is 33.8 Å². The molecular formula is C21H31Cl2N3O3. The minimum absolute atomic E-state index is 0. The van der Waals surface area contributed by atoms with Crippen molar-refractivity contribution in [1.29, 1.82) is 0 Å². The Balaban J connectivity index is 0.00000420. The highest BCUT2D eigenvalue weighted by Crippen LogP contribution is 2.29. The number of carbonyl (C=O) groups is 2. The van der Waals surface area contributed by atoms with E-state index < -0.39 is 11.1 Å². The van der Waals surface area contributed by atoms with Crippen molar-refractivity contribution >= 4 is 35.8 Å². The second-order valence-electron chi connectivity index (χ2n) is 8.61. The molecule has 1 heterocycles. The number of benzene rings is 1. The van der Waals surface area contributed by atoms with Gasteiger partial charge < -0.3 is 15.4 Å². The van der Waals surface area contributed by atoms with Gasteiger partial charge >= 0.3 is 0 Å². The molecule has 0 fully saturated rings. The van der Waals surface area contributed by atoms with Crippen LogP contribution < -0.4 is 20.7 Å². The molecule has 3 N–H and O–H groups in total. The maximum absolute atomic E-state index is 12.5. The highest BCUT2D eigenvalue weighted by atomic mass is 35.5. The first kappa shape index (κ1) is 25.3. The Morgan fingerprint density at radius 3 is 2.14 bits per heavy atom. The fourth-order valence-corrected chi connectivity index (χ4v) is 3.43. The molecule has 0 aliphatic carbocycles. The molecule has 1 aliphatic rings. The molecule has 0 spiro atoms. The van der Waals surface area contributed by atoms with Crippen LogP contribution in [-0.2, 0) is 9.59 Å². The lowest BCUT2D eigenvalue weighted by Crippen LogP contribution is -2.49. The second kappa shape index (κ2) is 9.37. The van der Waals surface area contributed by atoms with Gasteiger partial charge in [-0.25, -0.2) is 0 Å². The third kappa shape index (κ3) is 6.91. The molecule has 2 amide bonds. The minimum atomic E-state index is -1.05.